The van der Waals surface area contributed by atoms with Crippen LogP contribution >= 0.6 is 0 Å². The first-order valence-electron chi connectivity index (χ1n) is 12.5. The van der Waals surface area contributed by atoms with E-state index >= 15 is 8.78 Å². The summed E-state index contributed by atoms with van der Waals surface area (Å²) < 4.78 is 66.8. The van der Waals surface area contributed by atoms with E-state index in [4.69, 9.17) is 8.92 Å². The Bertz CT molecular complexity index is 1200. The van der Waals surface area contributed by atoms with Gasteiger partial charge in [-0.1, -0.05) is 26.8 Å². The van der Waals surface area contributed by atoms with E-state index in [1.54, 1.807) is 13.8 Å². The van der Waals surface area contributed by atoms with Crippen LogP contribution in [0.2, 0.25) is 0 Å². The lowest BCUT2D eigenvalue weighted by Crippen LogP contribution is -2.71. The minimum absolute atomic E-state index is 0.0197. The van der Waals surface area contributed by atoms with E-state index in [9.17, 15) is 27.9 Å². The Morgan fingerprint density at radius 1 is 1.22 bits per heavy atom. The fraction of sp³-hybridized carbons (Fsp3) is 0.731. The average molecular weight is 545 g/mol. The number of Topliss-reactive ketones (excluding diaryl/α,β-unsaturated/α-hetero) is 1. The molecule has 9 atom stereocenters. The zero-order chi connectivity index (χ0) is 27.8. The summed E-state index contributed by atoms with van der Waals surface area (Å²) in [6, 6.07) is 0. The molecule has 37 heavy (non-hydrogen) atoms. The first kappa shape index (κ1) is 28.0. The van der Waals surface area contributed by atoms with Crippen LogP contribution in [0.3, 0.4) is 0 Å². The third kappa shape index (κ3) is 3.78. The molecule has 0 aromatic rings. The molecule has 0 aromatic carbocycles. The van der Waals surface area contributed by atoms with Crippen molar-refractivity contribution in [1.29, 1.82) is 0 Å². The highest BCUT2D eigenvalue weighted by atomic mass is 32.2. The number of fused-ring (bicyclic) bond motifs is 5. The summed E-state index contributed by atoms with van der Waals surface area (Å²) in [7, 11) is -4.01. The second kappa shape index (κ2) is 8.77. The Hall–Kier alpha value is -1.98. The molecule has 8 nitrogen and oxygen atoms in total. The normalized spacial score (nSPS) is 44.9. The van der Waals surface area contributed by atoms with Gasteiger partial charge in [0.2, 0.25) is 5.78 Å². The summed E-state index contributed by atoms with van der Waals surface area (Å²) in [5.74, 6) is -4.46. The summed E-state index contributed by atoms with van der Waals surface area (Å²) in [4.78, 5) is 38.3. The van der Waals surface area contributed by atoms with E-state index in [-0.39, 0.29) is 31.3 Å². The minimum Gasteiger partial charge on any atom is -0.450 e. The van der Waals surface area contributed by atoms with Gasteiger partial charge in [0.05, 0.1) is 12.4 Å². The first-order valence-corrected chi connectivity index (χ1v) is 14.4. The van der Waals surface area contributed by atoms with Gasteiger partial charge in [-0.3, -0.25) is 18.6 Å². The molecule has 0 unspecified atom stereocenters. The molecular weight excluding hydrogens is 510 g/mol. The van der Waals surface area contributed by atoms with E-state index in [1.165, 1.54) is 26.0 Å². The molecule has 1 N–H and O–H groups in total. The smallest absolute Gasteiger partial charge is 0.306 e. The van der Waals surface area contributed by atoms with Crippen molar-refractivity contribution in [2.75, 3.05) is 12.9 Å². The maximum atomic E-state index is 17.3. The highest BCUT2D eigenvalue weighted by Gasteiger charge is 2.78. The molecule has 4 aliphatic rings. The van der Waals surface area contributed by atoms with Crippen LogP contribution in [0.25, 0.3) is 0 Å². The first-order chi connectivity index (χ1) is 17.0. The molecule has 3 saturated carbocycles. The number of rotatable bonds is 6. The monoisotopic (exact) mass is 544 g/mol. The second-order valence-electron chi connectivity index (χ2n) is 11.4. The van der Waals surface area contributed by atoms with Crippen molar-refractivity contribution >= 4 is 27.7 Å². The molecule has 206 valence electrons. The quantitative estimate of drug-likeness (QED) is 0.400. The highest BCUT2D eigenvalue weighted by Crippen LogP contribution is 2.71. The SMILES string of the molecule is CCC(=O)O[C@@]1(C(=O)COS(C)(=O)=O)[C@H](C)C[C@H]2[C@@H]3C[C@H](F)C4=CC(=O)C=C[C@]4(C)[C@@]3(F)[C@@H](O)C[C@@]21C. The molecule has 3 fully saturated rings. The maximum Gasteiger partial charge on any atom is 0.306 e. The van der Waals surface area contributed by atoms with Gasteiger partial charge in [0.25, 0.3) is 10.1 Å². The Balaban J connectivity index is 1.85. The van der Waals surface area contributed by atoms with Crippen LogP contribution in [-0.4, -0.2) is 67.5 Å². The molecular formula is C26H34F2O8S. The largest absolute Gasteiger partial charge is 0.450 e. The van der Waals surface area contributed by atoms with E-state index in [1.807, 2.05) is 0 Å². The van der Waals surface area contributed by atoms with Crippen molar-refractivity contribution in [3.8, 4) is 0 Å². The lowest BCUT2D eigenvalue weighted by atomic mass is 9.44. The number of carbonyl (C=O) groups is 3. The number of hydrogen-bond acceptors (Lipinski definition) is 8. The molecule has 0 radical (unpaired) electrons. The number of aliphatic hydroxyl groups excluding tert-OH is 1. The van der Waals surface area contributed by atoms with Crippen molar-refractivity contribution in [1.82, 2.24) is 0 Å². The molecule has 4 aliphatic carbocycles. The lowest BCUT2D eigenvalue weighted by molar-refractivity contribution is -0.231. The van der Waals surface area contributed by atoms with Crippen LogP contribution in [-0.2, 0) is 33.4 Å². The van der Waals surface area contributed by atoms with E-state index in [0.29, 0.717) is 0 Å². The molecule has 0 bridgehead atoms. The van der Waals surface area contributed by atoms with Crippen LogP contribution in [0.5, 0.6) is 0 Å². The molecule has 0 heterocycles. The number of ether oxygens (including phenoxy) is 1. The highest BCUT2D eigenvalue weighted by molar-refractivity contribution is 7.86. The minimum atomic E-state index is -4.01. The summed E-state index contributed by atoms with van der Waals surface area (Å²) in [5.41, 5.74) is -7.24. The van der Waals surface area contributed by atoms with Crippen molar-refractivity contribution in [3.63, 3.8) is 0 Å². The van der Waals surface area contributed by atoms with Gasteiger partial charge < -0.3 is 9.84 Å². The maximum absolute atomic E-state index is 17.3. The van der Waals surface area contributed by atoms with Gasteiger partial charge in [0, 0.05) is 29.1 Å². The predicted octanol–water partition coefficient (Wildman–Crippen LogP) is 2.79. The van der Waals surface area contributed by atoms with Crippen molar-refractivity contribution < 1.29 is 45.6 Å². The van der Waals surface area contributed by atoms with Crippen LogP contribution < -0.4 is 0 Å². The summed E-state index contributed by atoms with van der Waals surface area (Å²) in [5, 5.41) is 11.5. The molecule has 0 spiro atoms. The molecule has 0 amide bonds. The van der Waals surface area contributed by atoms with E-state index in [2.05, 4.69) is 0 Å². The van der Waals surface area contributed by atoms with Gasteiger partial charge in [-0.05, 0) is 49.8 Å². The van der Waals surface area contributed by atoms with Gasteiger partial charge in [-0.2, -0.15) is 8.42 Å². The summed E-state index contributed by atoms with van der Waals surface area (Å²) in [6.07, 6.45) is 0.485. The Morgan fingerprint density at radius 3 is 2.46 bits per heavy atom. The Labute approximate surface area is 215 Å². The summed E-state index contributed by atoms with van der Waals surface area (Å²) in [6.45, 7) is 5.38. The standard InChI is InChI=1S/C26H34F2O8S/c1-6-22(32)36-26(21(31)13-35-37(5,33)34)14(2)9-16-17-11-19(27)18-10-15(29)7-8-23(18,3)25(17,28)20(30)12-24(16,26)4/h7-8,10,14,16-17,19-20,30H,6,9,11-13H2,1-5H3/t14-,16+,17+,19+,20+,23+,24+,25+,26-/m1/s1. The van der Waals surface area contributed by atoms with Crippen LogP contribution in [0.15, 0.2) is 23.8 Å². The molecule has 0 aliphatic heterocycles. The molecule has 0 saturated heterocycles. The number of allylic oxidation sites excluding steroid dienone is 4. The van der Waals surface area contributed by atoms with E-state index < -0.39 is 86.4 Å². The fourth-order valence-electron chi connectivity index (χ4n) is 7.91. The van der Waals surface area contributed by atoms with Crippen molar-refractivity contribution in [3.05, 3.63) is 23.8 Å². The van der Waals surface area contributed by atoms with Gasteiger partial charge in [-0.15, -0.1) is 0 Å². The zero-order valence-electron chi connectivity index (χ0n) is 21.6. The third-order valence-electron chi connectivity index (χ3n) is 9.55. The number of aliphatic hydroxyl groups is 1. The average Bonchev–Trinajstić information content (AvgIpc) is 3.02. The predicted molar refractivity (Wildman–Crippen MR) is 128 cm³/mol. The van der Waals surface area contributed by atoms with Gasteiger partial charge in [0.1, 0.15) is 12.8 Å². The number of esters is 1. The van der Waals surface area contributed by atoms with Crippen molar-refractivity contribution in [2.45, 2.75) is 76.9 Å². The molecule has 11 heteroatoms. The number of alkyl halides is 2. The van der Waals surface area contributed by atoms with Crippen LogP contribution in [0, 0.1) is 28.6 Å². The number of carbonyl (C=O) groups excluding carboxylic acids is 3. The molecule has 0 aromatic heterocycles. The Kier molecular flexibility index (Phi) is 6.65. The Morgan fingerprint density at radius 2 is 1.86 bits per heavy atom. The van der Waals surface area contributed by atoms with E-state index in [0.717, 1.165) is 12.3 Å². The second-order valence-corrected chi connectivity index (χ2v) is 13.1. The third-order valence-corrected chi connectivity index (χ3v) is 10.1. The number of halogens is 2. The number of ketones is 2. The number of hydrogen-bond donors (Lipinski definition) is 1. The van der Waals surface area contributed by atoms with Crippen molar-refractivity contribution in [2.24, 2.45) is 28.6 Å². The van der Waals surface area contributed by atoms with Gasteiger partial charge >= 0.3 is 5.97 Å². The fourth-order valence-corrected chi connectivity index (χ4v) is 8.23. The zero-order valence-corrected chi connectivity index (χ0v) is 22.4. The topological polar surface area (TPSA) is 124 Å². The van der Waals surface area contributed by atoms with Crippen LogP contribution in [0.1, 0.15) is 53.4 Å². The van der Waals surface area contributed by atoms with Gasteiger partial charge in [-0.25, -0.2) is 8.78 Å². The van der Waals surface area contributed by atoms with Gasteiger partial charge in [0.15, 0.2) is 17.1 Å². The molecule has 4 rings (SSSR count). The summed E-state index contributed by atoms with van der Waals surface area (Å²) >= 11 is 0. The lowest BCUT2D eigenvalue weighted by Gasteiger charge is -2.63. The van der Waals surface area contributed by atoms with Crippen LogP contribution in [0.4, 0.5) is 8.78 Å².